The van der Waals surface area contributed by atoms with Crippen LogP contribution in [0.3, 0.4) is 0 Å². The van der Waals surface area contributed by atoms with Crippen LogP contribution in [-0.4, -0.2) is 17.1 Å². The molecule has 1 aromatic carbocycles. The van der Waals surface area contributed by atoms with E-state index in [1.807, 2.05) is 24.3 Å². The maximum absolute atomic E-state index is 8.63. The van der Waals surface area contributed by atoms with Crippen LogP contribution < -0.4 is 5.32 Å². The topological polar surface area (TPSA) is 70.8 Å². The van der Waals surface area contributed by atoms with Crippen LogP contribution in [0.2, 0.25) is 5.15 Å². The van der Waals surface area contributed by atoms with Gasteiger partial charge in [0.15, 0.2) is 5.82 Å². The molecule has 5 nitrogen and oxygen atoms in total. The van der Waals surface area contributed by atoms with Crippen LogP contribution in [0.25, 0.3) is 0 Å². The van der Waals surface area contributed by atoms with E-state index in [-0.39, 0.29) is 0 Å². The molecule has 0 aliphatic carbocycles. The normalized spacial score (nSPS) is 10.1. The molecule has 1 N–H and O–H groups in total. The van der Waals surface area contributed by atoms with Gasteiger partial charge in [-0.05, 0) is 17.7 Å². The summed E-state index contributed by atoms with van der Waals surface area (Å²) in [5, 5.41) is 12.1. The minimum atomic E-state index is 0.302. The van der Waals surface area contributed by atoms with Crippen molar-refractivity contribution in [2.45, 2.75) is 13.0 Å². The lowest BCUT2D eigenvalue weighted by Gasteiger charge is -2.08. The van der Waals surface area contributed by atoms with Crippen molar-refractivity contribution in [3.8, 4) is 6.07 Å². The summed E-state index contributed by atoms with van der Waals surface area (Å²) in [5.41, 5.74) is 1.84. The van der Waals surface area contributed by atoms with E-state index in [9.17, 15) is 0 Å². The van der Waals surface area contributed by atoms with Gasteiger partial charge < -0.3 is 10.1 Å². The smallest absolute Gasteiger partial charge is 0.158 e. The van der Waals surface area contributed by atoms with Gasteiger partial charge >= 0.3 is 0 Å². The molecule has 0 saturated carbocycles. The van der Waals surface area contributed by atoms with Crippen LogP contribution in [0.4, 0.5) is 11.5 Å². The monoisotopic (exact) mass is 288 g/mol. The predicted octanol–water partition coefficient (Wildman–Crippen LogP) is 3.09. The second-order valence-electron chi connectivity index (χ2n) is 4.08. The average Bonchev–Trinajstić information content (AvgIpc) is 2.41. The Morgan fingerprint density at radius 3 is 2.70 bits per heavy atom. The van der Waals surface area contributed by atoms with Gasteiger partial charge in [-0.25, -0.2) is 9.97 Å². The highest BCUT2D eigenvalue weighted by atomic mass is 35.5. The number of nitrogens with one attached hydrogen (secondary N) is 1. The number of aromatic nitrogens is 2. The lowest BCUT2D eigenvalue weighted by molar-refractivity contribution is 0.178. The van der Waals surface area contributed by atoms with Crippen LogP contribution in [0.15, 0.2) is 30.3 Å². The molecule has 0 unspecified atom stereocenters. The molecule has 0 bridgehead atoms. The maximum Gasteiger partial charge on any atom is 0.158 e. The number of rotatable bonds is 5. The molecule has 0 spiro atoms. The van der Waals surface area contributed by atoms with Gasteiger partial charge in [0, 0.05) is 18.9 Å². The van der Waals surface area contributed by atoms with Crippen molar-refractivity contribution in [1.82, 2.24) is 9.97 Å². The fourth-order valence-corrected chi connectivity index (χ4v) is 1.87. The molecule has 0 aliphatic heterocycles. The molecular formula is C14H13ClN4O. The van der Waals surface area contributed by atoms with Gasteiger partial charge in [-0.15, -0.1) is 0 Å². The molecule has 2 aromatic rings. The highest BCUT2D eigenvalue weighted by Gasteiger charge is 2.04. The highest BCUT2D eigenvalue weighted by Crippen LogP contribution is 2.18. The fourth-order valence-electron chi connectivity index (χ4n) is 1.67. The minimum Gasteiger partial charge on any atom is -0.377 e. The summed E-state index contributed by atoms with van der Waals surface area (Å²) >= 11 is 5.94. The maximum atomic E-state index is 8.63. The van der Waals surface area contributed by atoms with Crippen LogP contribution in [-0.2, 0) is 17.8 Å². The molecule has 0 fully saturated rings. The van der Waals surface area contributed by atoms with Crippen molar-refractivity contribution in [3.05, 3.63) is 46.9 Å². The molecule has 0 saturated heterocycles. The SMILES string of the molecule is COCc1nc(Cl)cc(Nc2ccc(CC#N)cc2)n1. The van der Waals surface area contributed by atoms with Gasteiger partial charge in [-0.3, -0.25) is 0 Å². The Morgan fingerprint density at radius 1 is 1.30 bits per heavy atom. The second kappa shape index (κ2) is 6.85. The van der Waals surface area contributed by atoms with Crippen LogP contribution >= 0.6 is 11.6 Å². The van der Waals surface area contributed by atoms with Gasteiger partial charge in [0.05, 0.1) is 12.5 Å². The zero-order valence-electron chi connectivity index (χ0n) is 10.9. The third kappa shape index (κ3) is 3.92. The molecule has 1 heterocycles. The first-order valence-electron chi connectivity index (χ1n) is 5.96. The van der Waals surface area contributed by atoms with Crippen molar-refractivity contribution < 1.29 is 4.74 Å². The zero-order valence-corrected chi connectivity index (χ0v) is 11.7. The van der Waals surface area contributed by atoms with Crippen molar-refractivity contribution >= 4 is 23.1 Å². The summed E-state index contributed by atoms with van der Waals surface area (Å²) in [6.07, 6.45) is 0.400. The van der Waals surface area contributed by atoms with Crippen LogP contribution in [0.5, 0.6) is 0 Å². The lowest BCUT2D eigenvalue weighted by atomic mass is 10.1. The Balaban J connectivity index is 2.14. The largest absolute Gasteiger partial charge is 0.377 e. The summed E-state index contributed by atoms with van der Waals surface area (Å²) in [6.45, 7) is 0.302. The first-order chi connectivity index (χ1) is 9.71. The molecule has 1 aromatic heterocycles. The van der Waals surface area contributed by atoms with Crippen molar-refractivity contribution in [2.75, 3.05) is 12.4 Å². The van der Waals surface area contributed by atoms with Gasteiger partial charge in [0.25, 0.3) is 0 Å². The summed E-state index contributed by atoms with van der Waals surface area (Å²) < 4.78 is 4.99. The van der Waals surface area contributed by atoms with E-state index >= 15 is 0 Å². The zero-order chi connectivity index (χ0) is 14.4. The molecule has 0 amide bonds. The van der Waals surface area contributed by atoms with E-state index in [2.05, 4.69) is 21.4 Å². The Hall–Kier alpha value is -2.16. The van der Waals surface area contributed by atoms with Crippen molar-refractivity contribution in [1.29, 1.82) is 5.26 Å². The van der Waals surface area contributed by atoms with Gasteiger partial charge in [0.1, 0.15) is 17.6 Å². The first kappa shape index (κ1) is 14.3. The Labute approximate surface area is 122 Å². The number of halogens is 1. The Kier molecular flexibility index (Phi) is 4.88. The quantitative estimate of drug-likeness (QED) is 0.856. The lowest BCUT2D eigenvalue weighted by Crippen LogP contribution is -2.01. The number of nitriles is 1. The minimum absolute atomic E-state index is 0.302. The average molecular weight is 289 g/mol. The van der Waals surface area contributed by atoms with Gasteiger partial charge in [0.2, 0.25) is 0 Å². The summed E-state index contributed by atoms with van der Waals surface area (Å²) in [5.74, 6) is 1.12. The number of anilines is 2. The highest BCUT2D eigenvalue weighted by molar-refractivity contribution is 6.29. The third-order valence-electron chi connectivity index (χ3n) is 2.52. The van der Waals surface area contributed by atoms with E-state index < -0.39 is 0 Å². The second-order valence-corrected chi connectivity index (χ2v) is 4.47. The number of benzene rings is 1. The molecule has 6 heteroatoms. The summed E-state index contributed by atoms with van der Waals surface area (Å²) in [4.78, 5) is 8.35. The molecule has 0 radical (unpaired) electrons. The molecule has 20 heavy (non-hydrogen) atoms. The van der Waals surface area contributed by atoms with Crippen LogP contribution in [0, 0.1) is 11.3 Å². The number of hydrogen-bond acceptors (Lipinski definition) is 5. The molecule has 2 rings (SSSR count). The molecular weight excluding hydrogens is 276 g/mol. The van der Waals surface area contributed by atoms with E-state index in [0.29, 0.717) is 29.8 Å². The standard InChI is InChI=1S/C14H13ClN4O/c1-20-9-14-18-12(15)8-13(19-14)17-11-4-2-10(3-5-11)6-7-16/h2-5,8H,6,9H2,1H3,(H,17,18,19). The number of nitrogens with zero attached hydrogens (tertiary/aromatic N) is 3. The third-order valence-corrected chi connectivity index (χ3v) is 2.72. The van der Waals surface area contributed by atoms with E-state index in [1.165, 1.54) is 0 Å². The fraction of sp³-hybridized carbons (Fsp3) is 0.214. The molecule has 0 atom stereocenters. The number of methoxy groups -OCH3 is 1. The predicted molar refractivity (Wildman–Crippen MR) is 76.8 cm³/mol. The number of ether oxygens (including phenoxy) is 1. The van der Waals surface area contributed by atoms with Crippen molar-refractivity contribution in [2.24, 2.45) is 0 Å². The first-order valence-corrected chi connectivity index (χ1v) is 6.34. The van der Waals surface area contributed by atoms with Crippen molar-refractivity contribution in [3.63, 3.8) is 0 Å². The number of hydrogen-bond donors (Lipinski definition) is 1. The van der Waals surface area contributed by atoms with Crippen LogP contribution in [0.1, 0.15) is 11.4 Å². The Bertz CT molecular complexity index is 622. The summed E-state index contributed by atoms with van der Waals surface area (Å²) in [7, 11) is 1.57. The van der Waals surface area contributed by atoms with Gasteiger partial charge in [-0.1, -0.05) is 23.7 Å². The Morgan fingerprint density at radius 2 is 2.05 bits per heavy atom. The van der Waals surface area contributed by atoms with E-state index in [0.717, 1.165) is 11.3 Å². The summed E-state index contributed by atoms with van der Waals surface area (Å²) in [6, 6.07) is 11.3. The van der Waals surface area contributed by atoms with E-state index in [1.54, 1.807) is 13.2 Å². The molecule has 0 aliphatic rings. The molecule has 102 valence electrons. The van der Waals surface area contributed by atoms with E-state index in [4.69, 9.17) is 21.6 Å². The van der Waals surface area contributed by atoms with Gasteiger partial charge in [-0.2, -0.15) is 5.26 Å².